The van der Waals surface area contributed by atoms with Gasteiger partial charge >= 0.3 is 0 Å². The summed E-state index contributed by atoms with van der Waals surface area (Å²) < 4.78 is 10.9. The van der Waals surface area contributed by atoms with Crippen LogP contribution >= 0.6 is 0 Å². The number of carbonyl (C=O) groups is 2. The summed E-state index contributed by atoms with van der Waals surface area (Å²) in [5.41, 5.74) is 4.91. The molecule has 0 radical (unpaired) electrons. The molecule has 0 aliphatic carbocycles. The van der Waals surface area contributed by atoms with Crippen molar-refractivity contribution in [1.29, 1.82) is 0 Å². The number of hydrazone groups is 1. The lowest BCUT2D eigenvalue weighted by Crippen LogP contribution is -3.12. The van der Waals surface area contributed by atoms with Gasteiger partial charge < -0.3 is 19.7 Å². The van der Waals surface area contributed by atoms with Gasteiger partial charge in [-0.2, -0.15) is 5.10 Å². The van der Waals surface area contributed by atoms with E-state index in [1.54, 1.807) is 44.5 Å². The van der Waals surface area contributed by atoms with Gasteiger partial charge in [-0.1, -0.05) is 18.2 Å². The van der Waals surface area contributed by atoms with Gasteiger partial charge in [0, 0.05) is 11.1 Å². The maximum atomic E-state index is 12.3. The van der Waals surface area contributed by atoms with Crippen LogP contribution in [0.3, 0.4) is 0 Å². The minimum Gasteiger partial charge on any atom is -0.496 e. The lowest BCUT2D eigenvalue weighted by Gasteiger charge is -2.24. The third-order valence-corrected chi connectivity index (χ3v) is 5.11. The summed E-state index contributed by atoms with van der Waals surface area (Å²) in [6, 6.07) is 13.8. The molecule has 8 heteroatoms. The van der Waals surface area contributed by atoms with Crippen LogP contribution in [0.4, 0.5) is 0 Å². The van der Waals surface area contributed by atoms with E-state index in [9.17, 15) is 9.59 Å². The lowest BCUT2D eigenvalue weighted by atomic mass is 10.1. The number of rotatable bonds is 8. The minimum absolute atomic E-state index is 0.308. The van der Waals surface area contributed by atoms with Crippen LogP contribution in [0.15, 0.2) is 53.6 Å². The number of hydrogen-bond donors (Lipinski definition) is 3. The van der Waals surface area contributed by atoms with E-state index >= 15 is 0 Å². The van der Waals surface area contributed by atoms with E-state index in [2.05, 4.69) is 15.8 Å². The number of benzene rings is 2. The van der Waals surface area contributed by atoms with Gasteiger partial charge in [0.25, 0.3) is 11.8 Å². The number of methoxy groups -OCH3 is 1. The zero-order chi connectivity index (χ0) is 22.1. The van der Waals surface area contributed by atoms with E-state index in [0.717, 1.165) is 49.7 Å². The summed E-state index contributed by atoms with van der Waals surface area (Å²) in [4.78, 5) is 25.9. The first-order valence-corrected chi connectivity index (χ1v) is 10.3. The topological polar surface area (TPSA) is 93.5 Å². The number of amides is 2. The van der Waals surface area contributed by atoms with Crippen LogP contribution in [0, 0.1) is 0 Å². The highest BCUT2D eigenvalue weighted by atomic mass is 16.5. The monoisotopic (exact) mass is 425 g/mol. The fourth-order valence-electron chi connectivity index (χ4n) is 3.33. The smallest absolute Gasteiger partial charge is 0.262 e. The first-order valence-electron chi connectivity index (χ1n) is 10.3. The highest BCUT2D eigenvalue weighted by molar-refractivity contribution is 5.97. The molecule has 1 saturated heterocycles. The van der Waals surface area contributed by atoms with Crippen LogP contribution in [-0.2, 0) is 16.1 Å². The molecular formula is C23H29N4O4+. The molecule has 0 bridgehead atoms. The third-order valence-electron chi connectivity index (χ3n) is 5.11. The van der Waals surface area contributed by atoms with Gasteiger partial charge in [-0.15, -0.1) is 0 Å². The van der Waals surface area contributed by atoms with Crippen molar-refractivity contribution in [1.82, 2.24) is 10.7 Å². The highest BCUT2D eigenvalue weighted by Crippen LogP contribution is 2.18. The quantitative estimate of drug-likeness (QED) is 0.421. The van der Waals surface area contributed by atoms with Crippen LogP contribution in [0.25, 0.3) is 0 Å². The molecule has 1 aliphatic heterocycles. The first kappa shape index (κ1) is 22.5. The standard InChI is InChI=1S/C23H28N4O4/c1-17(25-23(29)19-6-4-3-5-7-19)22(28)26-24-15-18-8-9-21(30-2)20(14-18)16-27-10-12-31-13-11-27/h3-9,14-15,17H,10-13,16H2,1-2H3,(H,25,29)(H,26,28)/p+1/b24-15-/t17-/m0/s1. The fourth-order valence-corrected chi connectivity index (χ4v) is 3.33. The Bertz CT molecular complexity index is 911. The van der Waals surface area contributed by atoms with Crippen molar-refractivity contribution in [3.63, 3.8) is 0 Å². The molecular weight excluding hydrogens is 396 g/mol. The van der Waals surface area contributed by atoms with Crippen molar-refractivity contribution in [2.24, 2.45) is 5.10 Å². The van der Waals surface area contributed by atoms with Crippen molar-refractivity contribution in [3.05, 3.63) is 65.2 Å². The normalized spacial score (nSPS) is 15.4. The minimum atomic E-state index is -0.721. The maximum Gasteiger partial charge on any atom is 0.262 e. The molecule has 164 valence electrons. The Hall–Kier alpha value is -3.23. The second-order valence-corrected chi connectivity index (χ2v) is 7.41. The largest absolute Gasteiger partial charge is 0.496 e. The average Bonchev–Trinajstić information content (AvgIpc) is 2.80. The maximum absolute atomic E-state index is 12.3. The summed E-state index contributed by atoms with van der Waals surface area (Å²) in [7, 11) is 1.66. The molecule has 2 amide bonds. The molecule has 0 unspecified atom stereocenters. The Morgan fingerprint density at radius 2 is 1.94 bits per heavy atom. The third kappa shape index (κ3) is 6.63. The molecule has 1 fully saturated rings. The predicted octanol–water partition coefficient (Wildman–Crippen LogP) is 0.379. The number of ether oxygens (including phenoxy) is 2. The number of hydrogen-bond acceptors (Lipinski definition) is 5. The van der Waals surface area contributed by atoms with Crippen molar-refractivity contribution in [2.45, 2.75) is 19.5 Å². The van der Waals surface area contributed by atoms with Crippen LogP contribution < -0.4 is 20.4 Å². The van der Waals surface area contributed by atoms with E-state index in [1.807, 2.05) is 24.3 Å². The molecule has 31 heavy (non-hydrogen) atoms. The van der Waals surface area contributed by atoms with E-state index in [1.165, 1.54) is 4.90 Å². The van der Waals surface area contributed by atoms with Gasteiger partial charge in [0.15, 0.2) is 0 Å². The SMILES string of the molecule is COc1ccc(/C=N\NC(=O)[C@H](C)NC(=O)c2ccccc2)cc1C[NH+]1CCOCC1. The van der Waals surface area contributed by atoms with E-state index in [0.29, 0.717) is 5.56 Å². The summed E-state index contributed by atoms with van der Waals surface area (Å²) in [5.74, 6) is 0.127. The molecule has 1 heterocycles. The van der Waals surface area contributed by atoms with Gasteiger partial charge in [0.2, 0.25) is 0 Å². The van der Waals surface area contributed by atoms with E-state index < -0.39 is 11.9 Å². The molecule has 1 aliphatic rings. The van der Waals surface area contributed by atoms with Gasteiger partial charge in [0.1, 0.15) is 31.4 Å². The second kappa shape index (κ2) is 11.2. The van der Waals surface area contributed by atoms with Crippen LogP contribution in [0.5, 0.6) is 5.75 Å². The zero-order valence-electron chi connectivity index (χ0n) is 17.9. The Balaban J connectivity index is 1.56. The average molecular weight is 426 g/mol. The molecule has 2 aromatic carbocycles. The Labute approximate surface area is 182 Å². The second-order valence-electron chi connectivity index (χ2n) is 7.41. The molecule has 0 aromatic heterocycles. The number of nitrogens with zero attached hydrogens (tertiary/aromatic N) is 1. The molecule has 3 N–H and O–H groups in total. The summed E-state index contributed by atoms with van der Waals surface area (Å²) in [6.07, 6.45) is 1.58. The lowest BCUT2D eigenvalue weighted by molar-refractivity contribution is -0.921. The van der Waals surface area contributed by atoms with Crippen LogP contribution in [0.2, 0.25) is 0 Å². The molecule has 3 rings (SSSR count). The van der Waals surface area contributed by atoms with Crippen molar-refractivity contribution < 1.29 is 24.0 Å². The van der Waals surface area contributed by atoms with Crippen molar-refractivity contribution >= 4 is 18.0 Å². The zero-order valence-corrected chi connectivity index (χ0v) is 17.9. The van der Waals surface area contributed by atoms with Gasteiger partial charge in [0.05, 0.1) is 26.5 Å². The van der Waals surface area contributed by atoms with Crippen molar-refractivity contribution in [3.8, 4) is 5.75 Å². The summed E-state index contributed by atoms with van der Waals surface area (Å²) in [5, 5.41) is 6.70. The molecule has 2 aromatic rings. The number of quaternary nitrogens is 1. The number of morpholine rings is 1. The van der Waals surface area contributed by atoms with E-state index in [-0.39, 0.29) is 5.91 Å². The predicted molar refractivity (Wildman–Crippen MR) is 117 cm³/mol. The first-order chi connectivity index (χ1) is 15.1. The van der Waals surface area contributed by atoms with Gasteiger partial charge in [-0.3, -0.25) is 9.59 Å². The Morgan fingerprint density at radius 3 is 2.65 bits per heavy atom. The van der Waals surface area contributed by atoms with Gasteiger partial charge in [-0.25, -0.2) is 5.43 Å². The highest BCUT2D eigenvalue weighted by Gasteiger charge is 2.17. The number of carbonyl (C=O) groups excluding carboxylic acids is 2. The van der Waals surface area contributed by atoms with Crippen LogP contribution in [-0.4, -0.2) is 57.5 Å². The Morgan fingerprint density at radius 1 is 1.19 bits per heavy atom. The molecule has 8 nitrogen and oxygen atoms in total. The van der Waals surface area contributed by atoms with Crippen molar-refractivity contribution in [2.75, 3.05) is 33.4 Å². The summed E-state index contributed by atoms with van der Waals surface area (Å²) >= 11 is 0. The van der Waals surface area contributed by atoms with E-state index in [4.69, 9.17) is 9.47 Å². The Kier molecular flexibility index (Phi) is 8.14. The molecule has 1 atom stereocenters. The number of nitrogens with one attached hydrogen (secondary N) is 3. The molecule has 0 saturated carbocycles. The summed E-state index contributed by atoms with van der Waals surface area (Å²) in [6.45, 7) is 5.91. The molecule has 0 spiro atoms. The van der Waals surface area contributed by atoms with Crippen LogP contribution in [0.1, 0.15) is 28.4 Å². The van der Waals surface area contributed by atoms with Gasteiger partial charge in [-0.05, 0) is 42.8 Å². The fraction of sp³-hybridized carbons (Fsp3) is 0.348.